The average molecular weight is 300 g/mol. The molecule has 2 N–H and O–H groups in total. The highest BCUT2D eigenvalue weighted by Crippen LogP contribution is 2.27. The van der Waals surface area contributed by atoms with Gasteiger partial charge in [-0.3, -0.25) is 10.1 Å². The smallest absolute Gasteiger partial charge is 0.311 e. The maximum Gasteiger partial charge on any atom is 0.311 e. The Labute approximate surface area is 129 Å². The van der Waals surface area contributed by atoms with Crippen molar-refractivity contribution in [3.63, 3.8) is 0 Å². The molecular formula is C16H20N4O2. The van der Waals surface area contributed by atoms with Crippen molar-refractivity contribution in [1.29, 1.82) is 0 Å². The minimum atomic E-state index is -0.435. The van der Waals surface area contributed by atoms with Gasteiger partial charge in [0.05, 0.1) is 4.92 Å². The molecule has 0 fully saturated rings. The summed E-state index contributed by atoms with van der Waals surface area (Å²) in [5.41, 5.74) is 1.85. The monoisotopic (exact) mass is 300 g/mol. The number of anilines is 3. The Balaban J connectivity index is 2.27. The van der Waals surface area contributed by atoms with Crippen molar-refractivity contribution in [2.75, 3.05) is 17.2 Å². The van der Waals surface area contributed by atoms with Crippen LogP contribution in [-0.4, -0.2) is 16.5 Å². The maximum absolute atomic E-state index is 11.1. The Hall–Kier alpha value is -2.63. The zero-order valence-corrected chi connectivity index (χ0v) is 13.0. The van der Waals surface area contributed by atoms with Crippen LogP contribution in [0.4, 0.5) is 23.0 Å². The lowest BCUT2D eigenvalue weighted by molar-refractivity contribution is -0.384. The second-order valence-corrected chi connectivity index (χ2v) is 5.59. The number of aryl methyl sites for hydroxylation is 1. The van der Waals surface area contributed by atoms with Gasteiger partial charge in [-0.05, 0) is 31.0 Å². The molecule has 0 spiro atoms. The van der Waals surface area contributed by atoms with E-state index in [2.05, 4.69) is 29.5 Å². The molecule has 0 aliphatic heterocycles. The van der Waals surface area contributed by atoms with Crippen molar-refractivity contribution in [2.45, 2.75) is 20.8 Å². The normalized spacial score (nSPS) is 10.5. The molecule has 0 aliphatic carbocycles. The molecule has 0 saturated carbocycles. The van der Waals surface area contributed by atoms with Gasteiger partial charge >= 0.3 is 5.69 Å². The van der Waals surface area contributed by atoms with Crippen molar-refractivity contribution >= 4 is 23.0 Å². The second kappa shape index (κ2) is 6.89. The number of benzene rings is 1. The highest BCUT2D eigenvalue weighted by Gasteiger charge is 2.16. The molecule has 2 rings (SSSR count). The van der Waals surface area contributed by atoms with Crippen LogP contribution in [0, 0.1) is 23.0 Å². The molecule has 0 radical (unpaired) electrons. The third kappa shape index (κ3) is 4.18. The minimum absolute atomic E-state index is 0.0457. The molecule has 1 aromatic heterocycles. The van der Waals surface area contributed by atoms with E-state index in [4.69, 9.17) is 0 Å². The first-order valence-electron chi connectivity index (χ1n) is 7.18. The van der Waals surface area contributed by atoms with Gasteiger partial charge in [0.25, 0.3) is 0 Å². The number of pyridine rings is 1. The van der Waals surface area contributed by atoms with E-state index < -0.39 is 4.92 Å². The Morgan fingerprint density at radius 3 is 2.45 bits per heavy atom. The highest BCUT2D eigenvalue weighted by molar-refractivity contribution is 5.67. The lowest BCUT2D eigenvalue weighted by Gasteiger charge is -2.11. The molecule has 116 valence electrons. The summed E-state index contributed by atoms with van der Waals surface area (Å²) in [6.07, 6.45) is 0. The van der Waals surface area contributed by atoms with E-state index in [0.29, 0.717) is 11.7 Å². The number of nitro groups is 1. The Bertz CT molecular complexity index is 654. The van der Waals surface area contributed by atoms with Gasteiger partial charge in [0.2, 0.25) is 5.82 Å². The van der Waals surface area contributed by atoms with Gasteiger partial charge in [-0.2, -0.15) is 0 Å². The molecule has 0 bridgehead atoms. The van der Waals surface area contributed by atoms with Crippen molar-refractivity contribution < 1.29 is 4.92 Å². The number of hydrogen-bond acceptors (Lipinski definition) is 5. The molecule has 6 heteroatoms. The predicted molar refractivity (Wildman–Crippen MR) is 88.7 cm³/mol. The minimum Gasteiger partial charge on any atom is -0.370 e. The summed E-state index contributed by atoms with van der Waals surface area (Å²) in [5, 5.41) is 17.3. The van der Waals surface area contributed by atoms with Crippen molar-refractivity contribution in [1.82, 2.24) is 4.98 Å². The van der Waals surface area contributed by atoms with Gasteiger partial charge in [-0.1, -0.05) is 31.5 Å². The van der Waals surface area contributed by atoms with Gasteiger partial charge in [0.15, 0.2) is 0 Å². The van der Waals surface area contributed by atoms with Crippen molar-refractivity contribution in [3.8, 4) is 0 Å². The third-order valence-electron chi connectivity index (χ3n) is 3.08. The van der Waals surface area contributed by atoms with Crippen LogP contribution in [0.3, 0.4) is 0 Å². The molecular weight excluding hydrogens is 280 g/mol. The van der Waals surface area contributed by atoms with Crippen LogP contribution >= 0.6 is 0 Å². The van der Waals surface area contributed by atoms with E-state index >= 15 is 0 Å². The van der Waals surface area contributed by atoms with E-state index in [1.807, 2.05) is 31.2 Å². The number of nitrogens with one attached hydrogen (secondary N) is 2. The SMILES string of the molecule is Cc1ccc(Nc2nc(NCC(C)C)ccc2[N+](=O)[O-])cc1. The fourth-order valence-corrected chi connectivity index (χ4v) is 1.87. The summed E-state index contributed by atoms with van der Waals surface area (Å²) in [5.74, 6) is 1.32. The van der Waals surface area contributed by atoms with Crippen molar-refractivity contribution in [3.05, 3.63) is 52.1 Å². The molecule has 6 nitrogen and oxygen atoms in total. The molecule has 22 heavy (non-hydrogen) atoms. The first kappa shape index (κ1) is 15.8. The highest BCUT2D eigenvalue weighted by atomic mass is 16.6. The molecule has 1 heterocycles. The second-order valence-electron chi connectivity index (χ2n) is 5.59. The van der Waals surface area contributed by atoms with Crippen LogP contribution in [0.15, 0.2) is 36.4 Å². The molecule has 0 atom stereocenters. The Morgan fingerprint density at radius 2 is 1.86 bits per heavy atom. The van der Waals surface area contributed by atoms with E-state index in [0.717, 1.165) is 17.8 Å². The summed E-state index contributed by atoms with van der Waals surface area (Å²) < 4.78 is 0. The van der Waals surface area contributed by atoms with Crippen LogP contribution < -0.4 is 10.6 Å². The molecule has 0 unspecified atom stereocenters. The van der Waals surface area contributed by atoms with Gasteiger partial charge in [0.1, 0.15) is 5.82 Å². The molecule has 2 aromatic rings. The lowest BCUT2D eigenvalue weighted by Crippen LogP contribution is -2.10. The van der Waals surface area contributed by atoms with Crippen LogP contribution in [0.2, 0.25) is 0 Å². The molecule has 1 aromatic carbocycles. The Morgan fingerprint density at radius 1 is 1.18 bits per heavy atom. The van der Waals surface area contributed by atoms with E-state index in [1.165, 1.54) is 6.07 Å². The quantitative estimate of drug-likeness (QED) is 0.620. The maximum atomic E-state index is 11.1. The van der Waals surface area contributed by atoms with Gasteiger partial charge in [-0.15, -0.1) is 0 Å². The fraction of sp³-hybridized carbons (Fsp3) is 0.312. The summed E-state index contributed by atoms with van der Waals surface area (Å²) >= 11 is 0. The lowest BCUT2D eigenvalue weighted by atomic mass is 10.2. The molecule has 0 aliphatic rings. The van der Waals surface area contributed by atoms with E-state index in [9.17, 15) is 10.1 Å². The Kier molecular flexibility index (Phi) is 4.93. The van der Waals surface area contributed by atoms with Gasteiger partial charge in [0, 0.05) is 18.3 Å². The summed E-state index contributed by atoms with van der Waals surface area (Å²) in [6.45, 7) is 6.92. The number of hydrogen-bond donors (Lipinski definition) is 2. The summed E-state index contributed by atoms with van der Waals surface area (Å²) in [4.78, 5) is 15.0. The zero-order chi connectivity index (χ0) is 16.1. The van der Waals surface area contributed by atoms with Crippen molar-refractivity contribution in [2.24, 2.45) is 5.92 Å². The van der Waals surface area contributed by atoms with Gasteiger partial charge < -0.3 is 10.6 Å². The molecule has 0 saturated heterocycles. The summed E-state index contributed by atoms with van der Waals surface area (Å²) in [7, 11) is 0. The average Bonchev–Trinajstić information content (AvgIpc) is 2.47. The van der Waals surface area contributed by atoms with Crippen LogP contribution in [0.25, 0.3) is 0 Å². The van der Waals surface area contributed by atoms with Crippen LogP contribution in [0.1, 0.15) is 19.4 Å². The fourth-order valence-electron chi connectivity index (χ4n) is 1.87. The van der Waals surface area contributed by atoms with E-state index in [-0.39, 0.29) is 11.5 Å². The standard InChI is InChI=1S/C16H20N4O2/c1-11(2)10-17-15-9-8-14(20(21)22)16(19-15)18-13-6-4-12(3)5-7-13/h4-9,11H,10H2,1-3H3,(H2,17,18,19). The third-order valence-corrected chi connectivity index (χ3v) is 3.08. The number of rotatable bonds is 6. The largest absolute Gasteiger partial charge is 0.370 e. The number of nitrogens with zero attached hydrogens (tertiary/aromatic N) is 2. The topological polar surface area (TPSA) is 80.1 Å². The van der Waals surface area contributed by atoms with Crippen LogP contribution in [0.5, 0.6) is 0 Å². The molecule has 0 amide bonds. The first-order valence-corrected chi connectivity index (χ1v) is 7.18. The zero-order valence-electron chi connectivity index (χ0n) is 13.0. The first-order chi connectivity index (χ1) is 10.5. The number of aromatic nitrogens is 1. The van der Waals surface area contributed by atoms with Crippen LogP contribution in [-0.2, 0) is 0 Å². The van der Waals surface area contributed by atoms with Gasteiger partial charge in [-0.25, -0.2) is 4.98 Å². The van der Waals surface area contributed by atoms with E-state index in [1.54, 1.807) is 6.07 Å². The predicted octanol–water partition coefficient (Wildman–Crippen LogP) is 4.11. The summed E-state index contributed by atoms with van der Waals surface area (Å²) in [6, 6.07) is 10.7.